The molecule has 2 fully saturated rings. The molecule has 0 heterocycles. The molecule has 0 bridgehead atoms. The van der Waals surface area contributed by atoms with Crippen molar-refractivity contribution in [3.8, 4) is 0 Å². The molecule has 0 aromatic carbocycles. The van der Waals surface area contributed by atoms with Crippen LogP contribution in [0.2, 0.25) is 0 Å². The molecule has 2 rings (SSSR count). The van der Waals surface area contributed by atoms with Crippen LogP contribution in [0.5, 0.6) is 0 Å². The van der Waals surface area contributed by atoms with Gasteiger partial charge in [0.25, 0.3) is 0 Å². The summed E-state index contributed by atoms with van der Waals surface area (Å²) in [5.41, 5.74) is 0.130. The zero-order valence-electron chi connectivity index (χ0n) is 8.30. The summed E-state index contributed by atoms with van der Waals surface area (Å²) < 4.78 is 0. The molecule has 0 spiro atoms. The largest absolute Gasteiger partial charge is 0.300 e. The number of carbonyl (C=O) groups excluding carboxylic acids is 2. The number of fused-ring (bicyclic) bond motifs is 1. The molecule has 72 valence electrons. The van der Waals surface area contributed by atoms with Crippen LogP contribution in [0.15, 0.2) is 0 Å². The first-order valence-electron chi connectivity index (χ1n) is 5.06. The van der Waals surface area contributed by atoms with E-state index in [9.17, 15) is 9.59 Å². The van der Waals surface area contributed by atoms with Crippen molar-refractivity contribution >= 4 is 11.6 Å². The fraction of sp³-hybridized carbons (Fsp3) is 0.818. The Morgan fingerprint density at radius 1 is 1.15 bits per heavy atom. The van der Waals surface area contributed by atoms with Crippen LogP contribution in [0, 0.1) is 17.3 Å². The molecule has 0 amide bonds. The highest BCUT2D eigenvalue weighted by atomic mass is 16.1. The lowest BCUT2D eigenvalue weighted by molar-refractivity contribution is -0.126. The quantitative estimate of drug-likeness (QED) is 0.571. The van der Waals surface area contributed by atoms with Crippen LogP contribution in [0.3, 0.4) is 0 Å². The fourth-order valence-corrected chi connectivity index (χ4v) is 2.96. The molecule has 2 nitrogen and oxygen atoms in total. The second-order valence-corrected chi connectivity index (χ2v) is 4.97. The summed E-state index contributed by atoms with van der Waals surface area (Å²) in [6.07, 6.45) is 2.67. The van der Waals surface area contributed by atoms with Gasteiger partial charge in [-0.2, -0.15) is 0 Å². The number of ketones is 2. The monoisotopic (exact) mass is 180 g/mol. The standard InChI is InChI=1S/C11H16O2/c1-7-3-9(12)4-8-5-10(13)6-11(7,8)2/h7-8H,3-6H2,1-2H3/t7-,8+,11+/m0/s1. The number of hydrogen-bond acceptors (Lipinski definition) is 2. The molecule has 0 aromatic heterocycles. The minimum atomic E-state index is 0.130. The Kier molecular flexibility index (Phi) is 1.83. The lowest BCUT2D eigenvalue weighted by Crippen LogP contribution is -2.37. The topological polar surface area (TPSA) is 34.1 Å². The lowest BCUT2D eigenvalue weighted by Gasteiger charge is -2.40. The van der Waals surface area contributed by atoms with Crippen molar-refractivity contribution in [3.05, 3.63) is 0 Å². The minimum Gasteiger partial charge on any atom is -0.300 e. The molecule has 2 aliphatic rings. The highest BCUT2D eigenvalue weighted by Crippen LogP contribution is 2.52. The van der Waals surface area contributed by atoms with E-state index >= 15 is 0 Å². The summed E-state index contributed by atoms with van der Waals surface area (Å²) in [4.78, 5) is 22.7. The second kappa shape index (κ2) is 2.66. The molecule has 0 unspecified atom stereocenters. The Morgan fingerprint density at radius 2 is 1.77 bits per heavy atom. The van der Waals surface area contributed by atoms with Crippen LogP contribution in [0.1, 0.15) is 39.5 Å². The molecule has 3 atom stereocenters. The molecule has 2 saturated carbocycles. The number of Topliss-reactive ketones (excluding diaryl/α,β-unsaturated/α-hetero) is 2. The first kappa shape index (κ1) is 8.92. The Balaban J connectivity index is 2.28. The molecule has 0 N–H and O–H groups in total. The molecule has 0 aromatic rings. The molecule has 0 aliphatic heterocycles. The molecular weight excluding hydrogens is 164 g/mol. The van der Waals surface area contributed by atoms with Crippen molar-refractivity contribution in [1.29, 1.82) is 0 Å². The van der Waals surface area contributed by atoms with Gasteiger partial charge >= 0.3 is 0 Å². The van der Waals surface area contributed by atoms with Crippen LogP contribution in [0.25, 0.3) is 0 Å². The third-order valence-electron chi connectivity index (χ3n) is 4.12. The average molecular weight is 180 g/mol. The fourth-order valence-electron chi connectivity index (χ4n) is 2.96. The van der Waals surface area contributed by atoms with Gasteiger partial charge in [0.05, 0.1) is 0 Å². The Bertz CT molecular complexity index is 267. The van der Waals surface area contributed by atoms with E-state index in [1.54, 1.807) is 0 Å². The Labute approximate surface area is 78.7 Å². The van der Waals surface area contributed by atoms with E-state index in [4.69, 9.17) is 0 Å². The first-order chi connectivity index (χ1) is 6.02. The van der Waals surface area contributed by atoms with Gasteiger partial charge in [-0.05, 0) is 17.3 Å². The van der Waals surface area contributed by atoms with Crippen LogP contribution < -0.4 is 0 Å². The van der Waals surface area contributed by atoms with Gasteiger partial charge in [0.2, 0.25) is 0 Å². The SMILES string of the molecule is C[C@H]1CC(=O)C[C@@H]2CC(=O)C[C@@]21C. The van der Waals surface area contributed by atoms with Crippen LogP contribution in [-0.2, 0) is 9.59 Å². The van der Waals surface area contributed by atoms with Crippen LogP contribution in [0.4, 0.5) is 0 Å². The molecule has 2 heteroatoms. The maximum atomic E-state index is 11.4. The molecule has 0 saturated heterocycles. The minimum absolute atomic E-state index is 0.130. The normalized spacial score (nSPS) is 45.1. The van der Waals surface area contributed by atoms with Crippen molar-refractivity contribution in [2.45, 2.75) is 39.5 Å². The molecular formula is C11H16O2. The summed E-state index contributed by atoms with van der Waals surface area (Å²) in [5.74, 6) is 1.44. The summed E-state index contributed by atoms with van der Waals surface area (Å²) >= 11 is 0. The molecule has 2 aliphatic carbocycles. The average Bonchev–Trinajstić information content (AvgIpc) is 2.26. The zero-order valence-corrected chi connectivity index (χ0v) is 8.30. The maximum absolute atomic E-state index is 11.4. The van der Waals surface area contributed by atoms with Gasteiger partial charge in [0.1, 0.15) is 11.6 Å². The van der Waals surface area contributed by atoms with E-state index in [0.29, 0.717) is 49.1 Å². The van der Waals surface area contributed by atoms with E-state index in [-0.39, 0.29) is 5.41 Å². The van der Waals surface area contributed by atoms with Gasteiger partial charge < -0.3 is 0 Å². The van der Waals surface area contributed by atoms with E-state index in [0.717, 1.165) is 0 Å². The maximum Gasteiger partial charge on any atom is 0.133 e. The van der Waals surface area contributed by atoms with Crippen molar-refractivity contribution in [1.82, 2.24) is 0 Å². The smallest absolute Gasteiger partial charge is 0.133 e. The third-order valence-corrected chi connectivity index (χ3v) is 4.12. The van der Waals surface area contributed by atoms with Crippen molar-refractivity contribution in [3.63, 3.8) is 0 Å². The van der Waals surface area contributed by atoms with E-state index in [1.807, 2.05) is 0 Å². The van der Waals surface area contributed by atoms with Gasteiger partial charge in [-0.15, -0.1) is 0 Å². The summed E-state index contributed by atoms with van der Waals surface area (Å²) in [7, 11) is 0. The predicted octanol–water partition coefficient (Wildman–Crippen LogP) is 1.97. The van der Waals surface area contributed by atoms with E-state index in [2.05, 4.69) is 13.8 Å². The highest BCUT2D eigenvalue weighted by molar-refractivity contribution is 5.86. The Morgan fingerprint density at radius 3 is 2.46 bits per heavy atom. The van der Waals surface area contributed by atoms with Gasteiger partial charge in [-0.3, -0.25) is 9.59 Å². The summed E-state index contributed by atoms with van der Waals surface area (Å²) in [6.45, 7) is 4.29. The number of rotatable bonds is 0. The van der Waals surface area contributed by atoms with Crippen molar-refractivity contribution in [2.75, 3.05) is 0 Å². The summed E-state index contributed by atoms with van der Waals surface area (Å²) in [6, 6.07) is 0. The Hall–Kier alpha value is -0.660. The van der Waals surface area contributed by atoms with Gasteiger partial charge in [-0.25, -0.2) is 0 Å². The first-order valence-corrected chi connectivity index (χ1v) is 5.06. The van der Waals surface area contributed by atoms with Gasteiger partial charge in [-0.1, -0.05) is 13.8 Å². The number of carbonyl (C=O) groups is 2. The van der Waals surface area contributed by atoms with Crippen LogP contribution >= 0.6 is 0 Å². The summed E-state index contributed by atoms with van der Waals surface area (Å²) in [5, 5.41) is 0. The van der Waals surface area contributed by atoms with Crippen molar-refractivity contribution in [2.24, 2.45) is 17.3 Å². The highest BCUT2D eigenvalue weighted by Gasteiger charge is 2.50. The predicted molar refractivity (Wildman–Crippen MR) is 49.2 cm³/mol. The van der Waals surface area contributed by atoms with E-state index < -0.39 is 0 Å². The van der Waals surface area contributed by atoms with Gasteiger partial charge in [0, 0.05) is 25.7 Å². The molecule has 0 radical (unpaired) electrons. The lowest BCUT2D eigenvalue weighted by atomic mass is 9.63. The third kappa shape index (κ3) is 1.23. The van der Waals surface area contributed by atoms with E-state index in [1.165, 1.54) is 0 Å². The van der Waals surface area contributed by atoms with Crippen molar-refractivity contribution < 1.29 is 9.59 Å². The van der Waals surface area contributed by atoms with Crippen LogP contribution in [-0.4, -0.2) is 11.6 Å². The number of hydrogen-bond donors (Lipinski definition) is 0. The second-order valence-electron chi connectivity index (χ2n) is 4.97. The van der Waals surface area contributed by atoms with Gasteiger partial charge in [0.15, 0.2) is 0 Å². The zero-order chi connectivity index (χ0) is 9.64. The molecule has 13 heavy (non-hydrogen) atoms.